The predicted octanol–water partition coefficient (Wildman–Crippen LogP) is 7.21. The van der Waals surface area contributed by atoms with Gasteiger partial charge in [0.05, 0.1) is 0 Å². The fourth-order valence-corrected chi connectivity index (χ4v) is 4.19. The Bertz CT molecular complexity index is 1030. The van der Waals surface area contributed by atoms with Crippen molar-refractivity contribution in [1.82, 2.24) is 0 Å². The van der Waals surface area contributed by atoms with Crippen LogP contribution in [0.5, 0.6) is 11.5 Å². The zero-order valence-corrected chi connectivity index (χ0v) is 17.8. The van der Waals surface area contributed by atoms with E-state index >= 15 is 0 Å². The molecule has 0 atom stereocenters. The van der Waals surface area contributed by atoms with Crippen molar-refractivity contribution in [3.8, 4) is 11.5 Å². The fourth-order valence-electron chi connectivity index (χ4n) is 4.19. The molecule has 1 aliphatic carbocycles. The highest BCUT2D eigenvalue weighted by atomic mass is 16.3. The first kappa shape index (κ1) is 20.7. The zero-order chi connectivity index (χ0) is 21.6. The Balaban J connectivity index is 0.000000156. The molecule has 0 aromatic heterocycles. The van der Waals surface area contributed by atoms with Gasteiger partial charge in [-0.3, -0.25) is 0 Å². The number of phenols is 2. The van der Waals surface area contributed by atoms with Crippen LogP contribution in [0.3, 0.4) is 0 Å². The number of aromatic hydroxyl groups is 2. The van der Waals surface area contributed by atoms with Gasteiger partial charge in [0.25, 0.3) is 0 Å². The summed E-state index contributed by atoms with van der Waals surface area (Å²) in [7, 11) is 0. The number of rotatable bonds is 5. The molecule has 5 rings (SSSR count). The van der Waals surface area contributed by atoms with E-state index in [1.165, 1.54) is 27.8 Å². The number of hydrogen-bond donors (Lipinski definition) is 2. The maximum atomic E-state index is 9.34. The third-order valence-corrected chi connectivity index (χ3v) is 5.84. The minimum atomic E-state index is 0.291. The van der Waals surface area contributed by atoms with Crippen molar-refractivity contribution in [2.75, 3.05) is 0 Å². The molecule has 156 valence electrons. The van der Waals surface area contributed by atoms with Gasteiger partial charge in [-0.15, -0.1) is 0 Å². The topological polar surface area (TPSA) is 40.5 Å². The molecule has 1 aliphatic rings. The average Bonchev–Trinajstić information content (AvgIpc) is 3.55. The Kier molecular flexibility index (Phi) is 6.37. The van der Waals surface area contributed by atoms with Crippen LogP contribution in [-0.2, 0) is 0 Å². The van der Waals surface area contributed by atoms with Gasteiger partial charge in [0.15, 0.2) is 0 Å². The summed E-state index contributed by atoms with van der Waals surface area (Å²) in [5.41, 5.74) is 6.80. The van der Waals surface area contributed by atoms with E-state index in [1.54, 1.807) is 24.3 Å². The van der Waals surface area contributed by atoms with Crippen molar-refractivity contribution in [1.29, 1.82) is 0 Å². The van der Waals surface area contributed by atoms with Crippen LogP contribution in [0.15, 0.2) is 103 Å². The molecule has 0 spiro atoms. The second-order valence-corrected chi connectivity index (χ2v) is 8.00. The van der Waals surface area contributed by atoms with Gasteiger partial charge in [-0.2, -0.15) is 0 Å². The molecule has 0 saturated carbocycles. The van der Waals surface area contributed by atoms with Crippen LogP contribution in [0.25, 0.3) is 0 Å². The van der Waals surface area contributed by atoms with Gasteiger partial charge >= 0.3 is 0 Å². The van der Waals surface area contributed by atoms with E-state index in [0.29, 0.717) is 23.3 Å². The highest BCUT2D eigenvalue weighted by Crippen LogP contribution is 2.47. The molecule has 2 heteroatoms. The summed E-state index contributed by atoms with van der Waals surface area (Å²) < 4.78 is 0. The minimum absolute atomic E-state index is 0.291. The molecule has 4 aromatic carbocycles. The molecule has 2 N–H and O–H groups in total. The Morgan fingerprint density at radius 2 is 1.06 bits per heavy atom. The molecule has 0 radical (unpaired) electrons. The molecule has 0 unspecified atom stereocenters. The van der Waals surface area contributed by atoms with Crippen molar-refractivity contribution in [3.63, 3.8) is 0 Å². The molecule has 4 aromatic rings. The molecule has 0 fully saturated rings. The van der Waals surface area contributed by atoms with Crippen LogP contribution in [0, 0.1) is 0 Å². The highest BCUT2D eigenvalue weighted by molar-refractivity contribution is 5.59. The highest BCUT2D eigenvalue weighted by Gasteiger charge is 2.32. The van der Waals surface area contributed by atoms with Crippen LogP contribution >= 0.6 is 0 Å². The van der Waals surface area contributed by atoms with E-state index in [-0.39, 0.29) is 0 Å². The van der Waals surface area contributed by atoms with Crippen LogP contribution < -0.4 is 0 Å². The first-order valence-electron chi connectivity index (χ1n) is 10.9. The largest absolute Gasteiger partial charge is 0.508 e. The van der Waals surface area contributed by atoms with Gasteiger partial charge < -0.3 is 10.2 Å². The monoisotopic (exact) mass is 408 g/mol. The maximum absolute atomic E-state index is 9.34. The molecule has 0 saturated heterocycles. The number of hydrogen-bond acceptors (Lipinski definition) is 2. The normalized spacial score (nSPS) is 12.1. The smallest absolute Gasteiger partial charge is 0.115 e. The second kappa shape index (κ2) is 9.53. The average molecular weight is 409 g/mol. The molecule has 0 aliphatic heterocycles. The number of phenolic OH excluding ortho intramolecular Hbond substituents is 2. The van der Waals surface area contributed by atoms with Crippen molar-refractivity contribution >= 4 is 0 Å². The summed E-state index contributed by atoms with van der Waals surface area (Å²) in [4.78, 5) is 0. The van der Waals surface area contributed by atoms with Gasteiger partial charge in [0.1, 0.15) is 11.5 Å². The second-order valence-electron chi connectivity index (χ2n) is 8.00. The third kappa shape index (κ3) is 4.97. The van der Waals surface area contributed by atoms with Crippen LogP contribution in [-0.4, -0.2) is 10.2 Å². The Hall–Kier alpha value is -3.52. The molecular weight excluding hydrogens is 380 g/mol. The van der Waals surface area contributed by atoms with Crippen molar-refractivity contribution in [2.24, 2.45) is 0 Å². The third-order valence-electron chi connectivity index (χ3n) is 5.84. The van der Waals surface area contributed by atoms with E-state index < -0.39 is 0 Å². The van der Waals surface area contributed by atoms with E-state index in [9.17, 15) is 10.2 Å². The summed E-state index contributed by atoms with van der Waals surface area (Å²) >= 11 is 0. The molecule has 2 nitrogen and oxygen atoms in total. The summed E-state index contributed by atoms with van der Waals surface area (Å²) in [6.45, 7) is 2.16. The summed E-state index contributed by atoms with van der Waals surface area (Å²) in [5.74, 6) is 1.49. The van der Waals surface area contributed by atoms with Gasteiger partial charge in [0, 0.05) is 11.8 Å². The molecule has 31 heavy (non-hydrogen) atoms. The first-order valence-corrected chi connectivity index (χ1v) is 10.9. The summed E-state index contributed by atoms with van der Waals surface area (Å²) in [6, 6.07) is 34.1. The molecule has 0 heterocycles. The number of fused-ring (bicyclic) bond motifs is 1. The summed E-state index contributed by atoms with van der Waals surface area (Å²) in [6.07, 6.45) is 2.14. The minimum Gasteiger partial charge on any atom is -0.508 e. The lowest BCUT2D eigenvalue weighted by Gasteiger charge is -2.17. The van der Waals surface area contributed by atoms with Gasteiger partial charge in [0.2, 0.25) is 0 Å². The first-order chi connectivity index (χ1) is 15.2. The standard InChI is InChI=1S/C16H18O2.C13H10/c1-2-3-16(12-4-8-14(17)9-5-12)13-6-10-15(18)11-7-13;1-2-6-10(7-3-1)13-11-8-4-5-9-12(11)13/h4-11,16-18H,2-3H2,1H3;1-9,13H. The maximum Gasteiger partial charge on any atom is 0.115 e. The van der Waals surface area contributed by atoms with E-state index in [0.717, 1.165) is 12.8 Å². The SMILES string of the molecule is CCCC(c1ccc(O)cc1)c1ccc(O)cc1.c1ccc(C2c3ccccc32)cc1. The molecular formula is C29H28O2. The van der Waals surface area contributed by atoms with E-state index in [4.69, 9.17) is 0 Å². The number of benzene rings is 4. The summed E-state index contributed by atoms with van der Waals surface area (Å²) in [5, 5.41) is 18.7. The molecule has 0 bridgehead atoms. The lowest BCUT2D eigenvalue weighted by Crippen LogP contribution is -2.00. The van der Waals surface area contributed by atoms with Gasteiger partial charge in [-0.1, -0.05) is 92.2 Å². The van der Waals surface area contributed by atoms with Crippen molar-refractivity contribution < 1.29 is 10.2 Å². The fraction of sp³-hybridized carbons (Fsp3) is 0.172. The van der Waals surface area contributed by atoms with Gasteiger partial charge in [-0.25, -0.2) is 0 Å². The lowest BCUT2D eigenvalue weighted by molar-refractivity contribution is 0.475. The van der Waals surface area contributed by atoms with Crippen LogP contribution in [0.1, 0.15) is 59.4 Å². The Morgan fingerprint density at radius 1 is 0.613 bits per heavy atom. The Morgan fingerprint density at radius 3 is 1.52 bits per heavy atom. The van der Waals surface area contributed by atoms with Crippen LogP contribution in [0.2, 0.25) is 0 Å². The van der Waals surface area contributed by atoms with Gasteiger partial charge in [-0.05, 0) is 58.5 Å². The zero-order valence-electron chi connectivity index (χ0n) is 17.8. The predicted molar refractivity (Wildman–Crippen MR) is 127 cm³/mol. The van der Waals surface area contributed by atoms with Crippen molar-refractivity contribution in [3.05, 3.63) is 131 Å². The van der Waals surface area contributed by atoms with Crippen LogP contribution in [0.4, 0.5) is 0 Å². The molecule has 0 amide bonds. The quantitative estimate of drug-likeness (QED) is 0.322. The van der Waals surface area contributed by atoms with Crippen molar-refractivity contribution in [2.45, 2.75) is 31.6 Å². The Labute approximate surface area is 184 Å². The van der Waals surface area contributed by atoms with E-state index in [1.807, 2.05) is 24.3 Å². The van der Waals surface area contributed by atoms with E-state index in [2.05, 4.69) is 61.5 Å². The lowest BCUT2D eigenvalue weighted by atomic mass is 9.87.